The molecule has 6 nitrogen and oxygen atoms in total. The van der Waals surface area contributed by atoms with Gasteiger partial charge in [0.15, 0.2) is 5.75 Å². The number of benzene rings is 2. The van der Waals surface area contributed by atoms with Crippen LogP contribution >= 0.6 is 23.2 Å². The number of urea groups is 1. The first-order chi connectivity index (χ1) is 10.9. The van der Waals surface area contributed by atoms with E-state index in [2.05, 4.69) is 10.6 Å². The van der Waals surface area contributed by atoms with E-state index in [-0.39, 0.29) is 15.6 Å². The second-order valence-electron chi connectivity index (χ2n) is 4.50. The van der Waals surface area contributed by atoms with Crippen molar-refractivity contribution in [2.24, 2.45) is 5.73 Å². The predicted molar refractivity (Wildman–Crippen MR) is 90.6 cm³/mol. The molecule has 0 aromatic heterocycles. The van der Waals surface area contributed by atoms with Gasteiger partial charge >= 0.3 is 6.03 Å². The fraction of sp³-hybridized carbons (Fsp3) is 0.0667. The molecule has 0 heterocycles. The molecule has 4 N–H and O–H groups in total. The highest BCUT2D eigenvalue weighted by Gasteiger charge is 2.14. The molecular formula is C15H13Cl2N3O3. The molecule has 2 aromatic rings. The third-order valence-electron chi connectivity index (χ3n) is 2.85. The molecule has 23 heavy (non-hydrogen) atoms. The van der Waals surface area contributed by atoms with Crippen LogP contribution in [0.2, 0.25) is 10.0 Å². The maximum absolute atomic E-state index is 12.3. The van der Waals surface area contributed by atoms with Gasteiger partial charge < -0.3 is 21.1 Å². The zero-order valence-electron chi connectivity index (χ0n) is 12.0. The van der Waals surface area contributed by atoms with E-state index in [1.165, 1.54) is 19.2 Å². The van der Waals surface area contributed by atoms with Crippen molar-refractivity contribution >= 4 is 46.5 Å². The summed E-state index contributed by atoms with van der Waals surface area (Å²) in [6.45, 7) is 0. The fourth-order valence-corrected chi connectivity index (χ4v) is 2.55. The molecule has 8 heteroatoms. The van der Waals surface area contributed by atoms with E-state index in [0.717, 1.165) is 0 Å². The highest BCUT2D eigenvalue weighted by Crippen LogP contribution is 2.34. The summed E-state index contributed by atoms with van der Waals surface area (Å²) in [7, 11) is 1.43. The summed E-state index contributed by atoms with van der Waals surface area (Å²) in [6, 6.07) is 8.74. The highest BCUT2D eigenvalue weighted by atomic mass is 35.5. The van der Waals surface area contributed by atoms with Crippen molar-refractivity contribution in [2.45, 2.75) is 0 Å². The van der Waals surface area contributed by atoms with Crippen LogP contribution in [0, 0.1) is 0 Å². The molecule has 0 saturated carbocycles. The molecule has 0 aliphatic rings. The van der Waals surface area contributed by atoms with E-state index in [1.807, 2.05) is 0 Å². The number of primary amides is 1. The zero-order chi connectivity index (χ0) is 17.0. The summed E-state index contributed by atoms with van der Waals surface area (Å²) in [5.41, 5.74) is 6.26. The average molecular weight is 354 g/mol. The van der Waals surface area contributed by atoms with E-state index < -0.39 is 11.9 Å². The number of nitrogens with one attached hydrogen (secondary N) is 2. The maximum Gasteiger partial charge on any atom is 0.316 e. The number of halogens is 2. The van der Waals surface area contributed by atoms with Gasteiger partial charge in [0.25, 0.3) is 5.91 Å². The number of methoxy groups -OCH3 is 1. The van der Waals surface area contributed by atoms with Gasteiger partial charge in [-0.15, -0.1) is 0 Å². The van der Waals surface area contributed by atoms with Crippen LogP contribution in [0.1, 0.15) is 10.4 Å². The number of hydrogen-bond acceptors (Lipinski definition) is 3. The molecule has 0 spiro atoms. The van der Waals surface area contributed by atoms with Gasteiger partial charge in [-0.2, -0.15) is 0 Å². The van der Waals surface area contributed by atoms with E-state index in [0.29, 0.717) is 17.1 Å². The minimum Gasteiger partial charge on any atom is -0.494 e. The summed E-state index contributed by atoms with van der Waals surface area (Å²) < 4.78 is 5.03. The standard InChI is InChI=1S/C15H13Cl2N3O3/c1-23-13-11(16)5-8(6-12(13)17)14(21)19-9-3-2-4-10(7-9)20-15(18)22/h2-7H,1H3,(H,19,21)(H3,18,20,22). The molecular weight excluding hydrogens is 341 g/mol. The Morgan fingerprint density at radius 3 is 2.13 bits per heavy atom. The van der Waals surface area contributed by atoms with E-state index in [9.17, 15) is 9.59 Å². The molecule has 0 bridgehead atoms. The number of carbonyl (C=O) groups excluding carboxylic acids is 2. The summed E-state index contributed by atoms with van der Waals surface area (Å²) in [4.78, 5) is 23.1. The molecule has 0 aliphatic heterocycles. The number of ether oxygens (including phenoxy) is 1. The second kappa shape index (κ2) is 7.21. The van der Waals surface area contributed by atoms with Crippen LogP contribution in [0.15, 0.2) is 36.4 Å². The SMILES string of the molecule is COc1c(Cl)cc(C(=O)Nc2cccc(NC(N)=O)c2)cc1Cl. The summed E-state index contributed by atoms with van der Waals surface area (Å²) in [6.07, 6.45) is 0. The van der Waals surface area contributed by atoms with Crippen molar-refractivity contribution in [1.29, 1.82) is 0 Å². The Labute approximate surface area is 142 Å². The largest absolute Gasteiger partial charge is 0.494 e. The van der Waals surface area contributed by atoms with Gasteiger partial charge in [0.05, 0.1) is 17.2 Å². The first-order valence-electron chi connectivity index (χ1n) is 6.41. The number of nitrogens with two attached hydrogens (primary N) is 1. The molecule has 2 rings (SSSR count). The lowest BCUT2D eigenvalue weighted by Crippen LogP contribution is -2.19. The number of amides is 3. The fourth-order valence-electron chi connectivity index (χ4n) is 1.91. The Morgan fingerprint density at radius 2 is 1.61 bits per heavy atom. The van der Waals surface area contributed by atoms with E-state index >= 15 is 0 Å². The lowest BCUT2D eigenvalue weighted by atomic mass is 10.2. The normalized spacial score (nSPS) is 10.0. The first kappa shape index (κ1) is 16.9. The molecule has 0 saturated heterocycles. The lowest BCUT2D eigenvalue weighted by Gasteiger charge is -2.10. The van der Waals surface area contributed by atoms with Crippen molar-refractivity contribution in [3.63, 3.8) is 0 Å². The van der Waals surface area contributed by atoms with Crippen LogP contribution in [-0.2, 0) is 0 Å². The number of hydrogen-bond donors (Lipinski definition) is 3. The van der Waals surface area contributed by atoms with Gasteiger partial charge in [-0.05, 0) is 30.3 Å². The van der Waals surface area contributed by atoms with Gasteiger partial charge in [0.2, 0.25) is 0 Å². The molecule has 0 unspecified atom stereocenters. The molecule has 3 amide bonds. The second-order valence-corrected chi connectivity index (χ2v) is 5.31. The van der Waals surface area contributed by atoms with Gasteiger partial charge in [0.1, 0.15) is 0 Å². The van der Waals surface area contributed by atoms with Gasteiger partial charge in [-0.1, -0.05) is 29.3 Å². The lowest BCUT2D eigenvalue weighted by molar-refractivity contribution is 0.102. The van der Waals surface area contributed by atoms with Gasteiger partial charge in [-0.3, -0.25) is 4.79 Å². The Bertz CT molecular complexity index is 742. The topological polar surface area (TPSA) is 93.4 Å². The molecule has 2 aromatic carbocycles. The van der Waals surface area contributed by atoms with E-state index in [1.54, 1.807) is 24.3 Å². The number of anilines is 2. The Balaban J connectivity index is 2.21. The third kappa shape index (κ3) is 4.28. The molecule has 0 aliphatic carbocycles. The summed E-state index contributed by atoms with van der Waals surface area (Å²) in [5.74, 6) is -0.106. The highest BCUT2D eigenvalue weighted by molar-refractivity contribution is 6.37. The predicted octanol–water partition coefficient (Wildman–Crippen LogP) is 3.74. The minimum atomic E-state index is -0.692. The third-order valence-corrected chi connectivity index (χ3v) is 3.41. The van der Waals surface area contributed by atoms with E-state index in [4.69, 9.17) is 33.7 Å². The molecule has 120 valence electrons. The molecule has 0 fully saturated rings. The summed E-state index contributed by atoms with van der Waals surface area (Å²) in [5, 5.41) is 5.56. The van der Waals surface area contributed by atoms with Crippen LogP contribution in [-0.4, -0.2) is 19.0 Å². The Hall–Kier alpha value is -2.44. The Morgan fingerprint density at radius 1 is 1.04 bits per heavy atom. The maximum atomic E-state index is 12.3. The minimum absolute atomic E-state index is 0.231. The van der Waals surface area contributed by atoms with Crippen molar-refractivity contribution in [3.05, 3.63) is 52.0 Å². The Kier molecular flexibility index (Phi) is 5.31. The van der Waals surface area contributed by atoms with Crippen molar-refractivity contribution < 1.29 is 14.3 Å². The monoisotopic (exact) mass is 353 g/mol. The quantitative estimate of drug-likeness (QED) is 0.781. The van der Waals surface area contributed by atoms with Crippen molar-refractivity contribution in [3.8, 4) is 5.75 Å². The smallest absolute Gasteiger partial charge is 0.316 e. The molecule has 0 atom stereocenters. The van der Waals surface area contributed by atoms with Crippen molar-refractivity contribution in [1.82, 2.24) is 0 Å². The number of rotatable bonds is 4. The average Bonchev–Trinajstić information content (AvgIpc) is 2.46. The first-order valence-corrected chi connectivity index (χ1v) is 7.17. The summed E-state index contributed by atoms with van der Waals surface area (Å²) >= 11 is 12.0. The molecule has 0 radical (unpaired) electrons. The van der Waals surface area contributed by atoms with Crippen LogP contribution in [0.5, 0.6) is 5.75 Å². The zero-order valence-corrected chi connectivity index (χ0v) is 13.5. The van der Waals surface area contributed by atoms with Crippen LogP contribution in [0.25, 0.3) is 0 Å². The van der Waals surface area contributed by atoms with Crippen molar-refractivity contribution in [2.75, 3.05) is 17.7 Å². The van der Waals surface area contributed by atoms with Gasteiger partial charge in [-0.25, -0.2) is 4.79 Å². The van der Waals surface area contributed by atoms with Crippen LogP contribution in [0.3, 0.4) is 0 Å². The van der Waals surface area contributed by atoms with Crippen LogP contribution < -0.4 is 21.1 Å². The number of carbonyl (C=O) groups is 2. The van der Waals surface area contributed by atoms with Gasteiger partial charge in [0, 0.05) is 16.9 Å². The van der Waals surface area contributed by atoms with Crippen LogP contribution in [0.4, 0.5) is 16.2 Å².